The predicted octanol–water partition coefficient (Wildman–Crippen LogP) is 0.653. The molecule has 0 unspecified atom stereocenters. The third kappa shape index (κ3) is 2.51. The van der Waals surface area contributed by atoms with Crippen molar-refractivity contribution in [3.63, 3.8) is 0 Å². The summed E-state index contributed by atoms with van der Waals surface area (Å²) < 4.78 is 20.0. The molecule has 0 radical (unpaired) electrons. The van der Waals surface area contributed by atoms with Gasteiger partial charge in [-0.25, -0.2) is 15.0 Å². The van der Waals surface area contributed by atoms with Gasteiger partial charge in [0.15, 0.2) is 17.7 Å². The Hall–Kier alpha value is -2.59. The number of fused-ring (bicyclic) bond motifs is 3. The van der Waals surface area contributed by atoms with Gasteiger partial charge < -0.3 is 25.1 Å². The lowest BCUT2D eigenvalue weighted by Gasteiger charge is -2.29. The van der Waals surface area contributed by atoms with Crippen LogP contribution >= 0.6 is 0 Å². The van der Waals surface area contributed by atoms with Gasteiger partial charge in [-0.3, -0.25) is 4.57 Å². The van der Waals surface area contributed by atoms with Crippen molar-refractivity contribution in [1.29, 1.82) is 0 Å². The Morgan fingerprint density at radius 2 is 2.11 bits per heavy atom. The van der Waals surface area contributed by atoms with Crippen LogP contribution in [0.3, 0.4) is 0 Å². The molecule has 2 fully saturated rings. The van der Waals surface area contributed by atoms with Crippen LogP contribution in [0.15, 0.2) is 43.0 Å². The fourth-order valence-corrected chi connectivity index (χ4v) is 3.80. The molecule has 4 atom stereocenters. The lowest BCUT2D eigenvalue weighted by molar-refractivity contribution is -0.187. The number of benzene rings is 1. The first-order valence-electron chi connectivity index (χ1n) is 8.71. The number of ether oxygens (including phenoxy) is 3. The van der Waals surface area contributed by atoms with Gasteiger partial charge in [-0.05, 0) is 5.56 Å². The molecule has 9 nitrogen and oxygen atoms in total. The summed E-state index contributed by atoms with van der Waals surface area (Å²) in [5, 5.41) is 10.0. The smallest absolute Gasteiger partial charge is 0.167 e. The highest BCUT2D eigenvalue weighted by Crippen LogP contribution is 2.47. The van der Waals surface area contributed by atoms with Gasteiger partial charge in [0.05, 0.1) is 26.1 Å². The highest BCUT2D eigenvalue weighted by atomic mass is 16.7. The monoisotopic (exact) mass is 369 g/mol. The molecule has 2 aliphatic rings. The molecule has 2 saturated heterocycles. The Kier molecular flexibility index (Phi) is 3.83. The quantitative estimate of drug-likeness (QED) is 0.673. The fraction of sp³-hybridized carbons (Fsp3) is 0.389. The third-order valence-corrected chi connectivity index (χ3v) is 5.17. The highest BCUT2D eigenvalue weighted by molar-refractivity contribution is 5.81. The zero-order valence-corrected chi connectivity index (χ0v) is 14.4. The van der Waals surface area contributed by atoms with Crippen molar-refractivity contribution in [3.8, 4) is 0 Å². The minimum Gasteiger partial charge on any atom is -0.393 e. The Bertz CT molecular complexity index is 965. The van der Waals surface area contributed by atoms with Crippen LogP contribution < -0.4 is 5.73 Å². The number of aliphatic hydroxyl groups excluding tert-OH is 1. The van der Waals surface area contributed by atoms with E-state index < -0.39 is 24.0 Å². The second-order valence-corrected chi connectivity index (χ2v) is 6.81. The van der Waals surface area contributed by atoms with Gasteiger partial charge in [-0.2, -0.15) is 0 Å². The van der Waals surface area contributed by atoms with E-state index in [-0.39, 0.29) is 13.2 Å². The molecule has 2 bridgehead atoms. The standard InChI is InChI=1S/C18H19N5O4/c19-15-12-16(21-9-20-15)23(10-22-12)17-13-14(18(7-24,27-17)8-26-13)25-6-11-4-2-1-3-5-11/h1-5,9-10,13-14,17,24H,6-8H2,(H2,19,20,21)/t13-,14-,17-,18+/m1/s1. The molecule has 140 valence electrons. The minimum atomic E-state index is -0.917. The number of aromatic nitrogens is 4. The first-order valence-corrected chi connectivity index (χ1v) is 8.71. The van der Waals surface area contributed by atoms with Gasteiger partial charge in [-0.1, -0.05) is 30.3 Å². The second kappa shape index (κ2) is 6.24. The SMILES string of the molecule is Nc1ncnc2c1ncn2[C@@H]1O[C@@]2(CO)CO[C@@H]1[C@H]2OCc1ccccc1. The van der Waals surface area contributed by atoms with E-state index in [0.29, 0.717) is 23.6 Å². The lowest BCUT2D eigenvalue weighted by atomic mass is 10.00. The van der Waals surface area contributed by atoms with Gasteiger partial charge >= 0.3 is 0 Å². The maximum Gasteiger partial charge on any atom is 0.167 e. The number of nitrogens with two attached hydrogens (primary N) is 1. The van der Waals surface area contributed by atoms with Crippen LogP contribution in [-0.4, -0.2) is 55.6 Å². The zero-order chi connectivity index (χ0) is 18.4. The molecule has 9 heteroatoms. The Morgan fingerprint density at radius 3 is 2.93 bits per heavy atom. The number of anilines is 1. The maximum atomic E-state index is 10.0. The van der Waals surface area contributed by atoms with Gasteiger partial charge in [0.1, 0.15) is 29.7 Å². The van der Waals surface area contributed by atoms with Crippen LogP contribution in [0.5, 0.6) is 0 Å². The predicted molar refractivity (Wildman–Crippen MR) is 94.4 cm³/mol. The van der Waals surface area contributed by atoms with Crippen molar-refractivity contribution in [2.75, 3.05) is 18.9 Å². The van der Waals surface area contributed by atoms with Gasteiger partial charge in [0.25, 0.3) is 0 Å². The number of hydrogen-bond acceptors (Lipinski definition) is 8. The van der Waals surface area contributed by atoms with Crippen LogP contribution in [0.2, 0.25) is 0 Å². The number of nitrogens with zero attached hydrogens (tertiary/aromatic N) is 4. The number of imidazole rings is 1. The lowest BCUT2D eigenvalue weighted by Crippen LogP contribution is -2.45. The van der Waals surface area contributed by atoms with Gasteiger partial charge in [-0.15, -0.1) is 0 Å². The molecule has 2 aliphatic heterocycles. The summed E-state index contributed by atoms with van der Waals surface area (Å²) in [6.45, 7) is 0.472. The zero-order valence-electron chi connectivity index (χ0n) is 14.4. The first kappa shape index (κ1) is 16.6. The van der Waals surface area contributed by atoms with E-state index in [9.17, 15) is 5.11 Å². The molecule has 2 aromatic heterocycles. The molecule has 0 amide bonds. The summed E-state index contributed by atoms with van der Waals surface area (Å²) in [6.07, 6.45) is 1.66. The molecule has 4 heterocycles. The number of hydrogen-bond donors (Lipinski definition) is 2. The van der Waals surface area contributed by atoms with Crippen molar-refractivity contribution in [2.45, 2.75) is 30.6 Å². The number of rotatable bonds is 5. The van der Waals surface area contributed by atoms with E-state index in [0.717, 1.165) is 5.56 Å². The number of aliphatic hydroxyl groups is 1. The first-order chi connectivity index (χ1) is 13.2. The van der Waals surface area contributed by atoms with E-state index in [1.165, 1.54) is 6.33 Å². The molecule has 0 spiro atoms. The van der Waals surface area contributed by atoms with Gasteiger partial charge in [0, 0.05) is 0 Å². The fourth-order valence-electron chi connectivity index (χ4n) is 3.80. The van der Waals surface area contributed by atoms with E-state index in [1.54, 1.807) is 10.9 Å². The Morgan fingerprint density at radius 1 is 1.26 bits per heavy atom. The minimum absolute atomic E-state index is 0.205. The molecule has 5 rings (SSSR count). The molecule has 0 saturated carbocycles. The molecular weight excluding hydrogens is 350 g/mol. The van der Waals surface area contributed by atoms with Crippen molar-refractivity contribution in [3.05, 3.63) is 48.5 Å². The normalized spacial score (nSPS) is 29.6. The van der Waals surface area contributed by atoms with Crippen molar-refractivity contribution in [1.82, 2.24) is 19.5 Å². The van der Waals surface area contributed by atoms with Gasteiger partial charge in [0.2, 0.25) is 0 Å². The summed E-state index contributed by atoms with van der Waals surface area (Å²) in [7, 11) is 0. The molecule has 1 aromatic carbocycles. The maximum absolute atomic E-state index is 10.0. The molecule has 3 aromatic rings. The van der Waals surface area contributed by atoms with E-state index in [4.69, 9.17) is 19.9 Å². The number of nitrogen functional groups attached to an aromatic ring is 1. The molecule has 0 aliphatic carbocycles. The third-order valence-electron chi connectivity index (χ3n) is 5.17. The summed E-state index contributed by atoms with van der Waals surface area (Å²) in [4.78, 5) is 12.5. The van der Waals surface area contributed by atoms with E-state index in [2.05, 4.69) is 15.0 Å². The van der Waals surface area contributed by atoms with E-state index >= 15 is 0 Å². The largest absolute Gasteiger partial charge is 0.393 e. The Balaban J connectivity index is 1.45. The molecule has 3 N–H and O–H groups in total. The van der Waals surface area contributed by atoms with Crippen LogP contribution in [0.1, 0.15) is 11.8 Å². The summed E-state index contributed by atoms with van der Waals surface area (Å²) in [5.74, 6) is 0.302. The van der Waals surface area contributed by atoms with Crippen LogP contribution in [0.4, 0.5) is 5.82 Å². The summed E-state index contributed by atoms with van der Waals surface area (Å²) >= 11 is 0. The van der Waals surface area contributed by atoms with Crippen molar-refractivity contribution >= 4 is 17.0 Å². The molecular formula is C18H19N5O4. The Labute approximate surface area is 154 Å². The molecule has 27 heavy (non-hydrogen) atoms. The topological polar surface area (TPSA) is 118 Å². The second-order valence-electron chi connectivity index (χ2n) is 6.81. The average Bonchev–Trinajstić information content (AvgIpc) is 3.37. The van der Waals surface area contributed by atoms with Crippen LogP contribution in [-0.2, 0) is 20.8 Å². The highest BCUT2D eigenvalue weighted by Gasteiger charge is 2.63. The van der Waals surface area contributed by atoms with Crippen LogP contribution in [0.25, 0.3) is 11.2 Å². The summed E-state index contributed by atoms with van der Waals surface area (Å²) in [6, 6.07) is 9.86. The average molecular weight is 369 g/mol. The van der Waals surface area contributed by atoms with Crippen molar-refractivity contribution < 1.29 is 19.3 Å². The summed E-state index contributed by atoms with van der Waals surface area (Å²) in [5.41, 5.74) is 7.06. The van der Waals surface area contributed by atoms with Crippen molar-refractivity contribution in [2.24, 2.45) is 0 Å². The van der Waals surface area contributed by atoms with Crippen LogP contribution in [0, 0.1) is 0 Å². The van der Waals surface area contributed by atoms with E-state index in [1.807, 2.05) is 30.3 Å².